The molecule has 3 N–H and O–H groups in total. The Kier molecular flexibility index (Phi) is 9.50. The summed E-state index contributed by atoms with van der Waals surface area (Å²) in [6.07, 6.45) is 6.20. The zero-order chi connectivity index (χ0) is 31.5. The van der Waals surface area contributed by atoms with Crippen LogP contribution in [-0.4, -0.2) is 49.4 Å². The van der Waals surface area contributed by atoms with Gasteiger partial charge in [-0.2, -0.15) is 0 Å². The number of amides is 1. The minimum Gasteiger partial charge on any atom is -0.480 e. The number of aliphatic hydroxyl groups excluding tert-OH is 1. The molecule has 1 fully saturated rings. The zero-order valence-electron chi connectivity index (χ0n) is 24.4. The van der Waals surface area contributed by atoms with E-state index >= 15 is 0 Å². The second-order valence-corrected chi connectivity index (χ2v) is 11.4. The van der Waals surface area contributed by atoms with Crippen LogP contribution in [0.15, 0.2) is 58.4 Å². The standard InChI is InChI=1S/C31H32Cl2N6O5/c1-38-16-20(30(42)39(2)31(38)43)28(41)36-22-12-7-9-18(27(22)33)17-8-6-10-19(26(17)32)23-14-35-24(29(37-23)44-3)15-34-21-11-4-5-13-25(21)40/h6-10,12,14,16,21,25,34,40H,4-5,11,13,15H2,1-3H3,(H,36,41)/t21-,25+/m1/s1. The van der Waals surface area contributed by atoms with Gasteiger partial charge in [0.2, 0.25) is 5.88 Å². The molecule has 2 atom stereocenters. The second kappa shape index (κ2) is 13.3. The van der Waals surface area contributed by atoms with Crippen molar-refractivity contribution in [2.75, 3.05) is 12.4 Å². The molecule has 0 radical (unpaired) electrons. The Labute approximate surface area is 263 Å². The summed E-state index contributed by atoms with van der Waals surface area (Å²) in [6.45, 7) is 0.394. The molecule has 1 amide bonds. The van der Waals surface area contributed by atoms with Gasteiger partial charge in [-0.15, -0.1) is 0 Å². The van der Waals surface area contributed by atoms with Gasteiger partial charge in [-0.05, 0) is 18.9 Å². The van der Waals surface area contributed by atoms with E-state index < -0.39 is 17.2 Å². The van der Waals surface area contributed by atoms with Crippen molar-refractivity contribution in [1.82, 2.24) is 24.4 Å². The summed E-state index contributed by atoms with van der Waals surface area (Å²) in [5, 5.41) is 16.9. The van der Waals surface area contributed by atoms with E-state index in [0.717, 1.165) is 34.8 Å². The molecule has 0 aliphatic heterocycles. The molecule has 0 spiro atoms. The number of carbonyl (C=O) groups excluding carboxylic acids is 1. The number of nitrogens with zero attached hydrogens (tertiary/aromatic N) is 4. The first kappa shape index (κ1) is 31.4. The summed E-state index contributed by atoms with van der Waals surface area (Å²) in [7, 11) is 4.28. The van der Waals surface area contributed by atoms with Gasteiger partial charge in [0.15, 0.2) is 0 Å². The molecule has 11 nitrogen and oxygen atoms in total. The number of halogens is 2. The van der Waals surface area contributed by atoms with Crippen LogP contribution in [0.2, 0.25) is 10.0 Å². The Morgan fingerprint density at radius 1 is 1.05 bits per heavy atom. The average Bonchev–Trinajstić information content (AvgIpc) is 3.02. The molecule has 2 aromatic carbocycles. The first-order chi connectivity index (χ1) is 21.1. The van der Waals surface area contributed by atoms with Gasteiger partial charge in [-0.3, -0.25) is 19.1 Å². The van der Waals surface area contributed by atoms with E-state index in [1.54, 1.807) is 42.6 Å². The van der Waals surface area contributed by atoms with Crippen LogP contribution in [0.3, 0.4) is 0 Å². The summed E-state index contributed by atoms with van der Waals surface area (Å²) in [4.78, 5) is 46.9. The van der Waals surface area contributed by atoms with E-state index in [-0.39, 0.29) is 28.4 Å². The molecule has 1 aliphatic rings. The van der Waals surface area contributed by atoms with Gasteiger partial charge in [-0.1, -0.05) is 66.4 Å². The predicted molar refractivity (Wildman–Crippen MR) is 169 cm³/mol. The second-order valence-electron chi connectivity index (χ2n) is 10.6. The van der Waals surface area contributed by atoms with E-state index in [1.165, 1.54) is 27.4 Å². The van der Waals surface area contributed by atoms with Crippen LogP contribution < -0.4 is 26.6 Å². The van der Waals surface area contributed by atoms with Crippen molar-refractivity contribution >= 4 is 34.8 Å². The molecular formula is C31H32Cl2N6O5. The highest BCUT2D eigenvalue weighted by Crippen LogP contribution is 2.41. The fourth-order valence-corrected chi connectivity index (χ4v) is 5.92. The van der Waals surface area contributed by atoms with Crippen molar-refractivity contribution < 1.29 is 14.6 Å². The molecule has 5 rings (SSSR count). The molecule has 1 aliphatic carbocycles. The van der Waals surface area contributed by atoms with Crippen LogP contribution in [0.25, 0.3) is 22.4 Å². The normalized spacial score (nSPS) is 16.5. The van der Waals surface area contributed by atoms with E-state index in [0.29, 0.717) is 45.5 Å². The third-order valence-electron chi connectivity index (χ3n) is 7.77. The number of hydrogen-bond donors (Lipinski definition) is 3. The molecule has 1 saturated carbocycles. The molecule has 13 heteroatoms. The monoisotopic (exact) mass is 638 g/mol. The van der Waals surface area contributed by atoms with Gasteiger partial charge in [0, 0.05) is 49.6 Å². The molecular weight excluding hydrogens is 607 g/mol. The van der Waals surface area contributed by atoms with Crippen LogP contribution in [0, 0.1) is 0 Å². The number of anilines is 1. The fourth-order valence-electron chi connectivity index (χ4n) is 5.32. The topological polar surface area (TPSA) is 140 Å². The number of aryl methyl sites for hydroxylation is 1. The molecule has 2 aromatic heterocycles. The highest BCUT2D eigenvalue weighted by molar-refractivity contribution is 6.39. The van der Waals surface area contributed by atoms with Crippen LogP contribution in [-0.2, 0) is 20.6 Å². The quantitative estimate of drug-likeness (QED) is 0.261. The summed E-state index contributed by atoms with van der Waals surface area (Å²) < 4.78 is 7.56. The number of benzene rings is 2. The summed E-state index contributed by atoms with van der Waals surface area (Å²) in [5.41, 5.74) is 1.59. The van der Waals surface area contributed by atoms with Crippen molar-refractivity contribution in [2.45, 2.75) is 44.4 Å². The van der Waals surface area contributed by atoms with E-state index in [4.69, 9.17) is 27.9 Å². The first-order valence-corrected chi connectivity index (χ1v) is 14.8. The lowest BCUT2D eigenvalue weighted by Gasteiger charge is -2.28. The Hall–Kier alpha value is -4.03. The number of aromatic nitrogens is 4. The van der Waals surface area contributed by atoms with Gasteiger partial charge in [0.05, 0.1) is 40.8 Å². The van der Waals surface area contributed by atoms with Crippen molar-refractivity contribution in [3.05, 3.63) is 90.9 Å². The fraction of sp³-hybridized carbons (Fsp3) is 0.323. The van der Waals surface area contributed by atoms with Crippen LogP contribution >= 0.6 is 23.2 Å². The minimum atomic E-state index is -0.724. The van der Waals surface area contributed by atoms with Gasteiger partial charge in [0.25, 0.3) is 11.5 Å². The Bertz CT molecular complexity index is 1840. The van der Waals surface area contributed by atoms with Gasteiger partial charge < -0.3 is 25.0 Å². The number of carbonyl (C=O) groups is 1. The zero-order valence-corrected chi connectivity index (χ0v) is 25.9. The Morgan fingerprint density at radius 2 is 1.73 bits per heavy atom. The highest BCUT2D eigenvalue weighted by atomic mass is 35.5. The van der Waals surface area contributed by atoms with E-state index in [9.17, 15) is 19.5 Å². The maximum absolute atomic E-state index is 13.0. The third-order valence-corrected chi connectivity index (χ3v) is 8.58. The molecule has 230 valence electrons. The lowest BCUT2D eigenvalue weighted by molar-refractivity contribution is 0.0899. The minimum absolute atomic E-state index is 0.00175. The number of ether oxygens (including phenoxy) is 1. The molecule has 0 saturated heterocycles. The smallest absolute Gasteiger partial charge is 0.330 e. The van der Waals surface area contributed by atoms with Crippen molar-refractivity contribution in [3.8, 4) is 28.3 Å². The lowest BCUT2D eigenvalue weighted by Crippen LogP contribution is -2.41. The molecule has 44 heavy (non-hydrogen) atoms. The maximum atomic E-state index is 13.0. The van der Waals surface area contributed by atoms with Crippen LogP contribution in [0.5, 0.6) is 5.88 Å². The SMILES string of the molecule is COc1nc(-c2cccc(-c3cccc(NC(=O)c4cn(C)c(=O)n(C)c4=O)c3Cl)c2Cl)cnc1CN[C@@H]1CCCC[C@@H]1O. The van der Waals surface area contributed by atoms with Gasteiger partial charge in [0.1, 0.15) is 11.3 Å². The molecule has 2 heterocycles. The Morgan fingerprint density at radius 3 is 2.45 bits per heavy atom. The largest absolute Gasteiger partial charge is 0.480 e. The third kappa shape index (κ3) is 6.27. The number of nitrogens with one attached hydrogen (secondary N) is 2. The van der Waals surface area contributed by atoms with Crippen molar-refractivity contribution in [3.63, 3.8) is 0 Å². The summed E-state index contributed by atoms with van der Waals surface area (Å²) >= 11 is 13.7. The van der Waals surface area contributed by atoms with E-state index in [1.807, 2.05) is 0 Å². The number of hydrogen-bond acceptors (Lipinski definition) is 8. The van der Waals surface area contributed by atoms with Crippen LogP contribution in [0.4, 0.5) is 5.69 Å². The van der Waals surface area contributed by atoms with Gasteiger partial charge in [-0.25, -0.2) is 9.78 Å². The van der Waals surface area contributed by atoms with E-state index in [2.05, 4.69) is 20.6 Å². The Balaban J connectivity index is 1.42. The average molecular weight is 640 g/mol. The highest BCUT2D eigenvalue weighted by Gasteiger charge is 2.24. The summed E-state index contributed by atoms with van der Waals surface area (Å²) in [5.74, 6) is -0.371. The molecule has 4 aromatic rings. The molecule has 0 unspecified atom stereocenters. The summed E-state index contributed by atoms with van der Waals surface area (Å²) in [6, 6.07) is 10.5. The van der Waals surface area contributed by atoms with Gasteiger partial charge >= 0.3 is 5.69 Å². The maximum Gasteiger partial charge on any atom is 0.330 e. The first-order valence-electron chi connectivity index (χ1n) is 14.1. The van der Waals surface area contributed by atoms with Crippen LogP contribution in [0.1, 0.15) is 41.7 Å². The van der Waals surface area contributed by atoms with Crippen molar-refractivity contribution in [2.24, 2.45) is 14.1 Å². The van der Waals surface area contributed by atoms with Crippen molar-refractivity contribution in [1.29, 1.82) is 0 Å². The lowest BCUT2D eigenvalue weighted by atomic mass is 9.92. The number of methoxy groups -OCH3 is 1. The molecule has 0 bridgehead atoms. The predicted octanol–water partition coefficient (Wildman–Crippen LogP) is 4.17. The number of aliphatic hydroxyl groups is 1. The number of rotatable bonds is 8.